The van der Waals surface area contributed by atoms with Crippen LogP contribution in [0.5, 0.6) is 5.75 Å². The van der Waals surface area contributed by atoms with E-state index in [0.717, 1.165) is 25.7 Å². The summed E-state index contributed by atoms with van der Waals surface area (Å²) in [5.74, 6) is 0.327. The Morgan fingerprint density at radius 3 is 2.53 bits per heavy atom. The molecule has 1 aromatic carbocycles. The van der Waals surface area contributed by atoms with Crippen LogP contribution in [0.25, 0.3) is 0 Å². The van der Waals surface area contributed by atoms with Crippen LogP contribution >= 0.6 is 0 Å². The highest BCUT2D eigenvalue weighted by atomic mass is 16.7. The van der Waals surface area contributed by atoms with Gasteiger partial charge in [-0.3, -0.25) is 0 Å². The van der Waals surface area contributed by atoms with Gasteiger partial charge in [0.25, 0.3) is 0 Å². The molecule has 0 amide bonds. The Balaban J connectivity index is 1.72. The first-order valence-electron chi connectivity index (χ1n) is 6.14. The Hall–Kier alpha value is -1.35. The van der Waals surface area contributed by atoms with Crippen molar-refractivity contribution in [2.45, 2.75) is 43.8 Å². The van der Waals surface area contributed by atoms with Crippen LogP contribution in [0.15, 0.2) is 30.3 Å². The fraction of sp³-hybridized carbons (Fsp3) is 0.500. The molecule has 3 rings (SSSR count). The number of carbonyl (C=O) groups is 1. The summed E-state index contributed by atoms with van der Waals surface area (Å²) in [6, 6.07) is 9.16. The van der Waals surface area contributed by atoms with Crippen molar-refractivity contribution < 1.29 is 14.3 Å². The van der Waals surface area contributed by atoms with E-state index in [9.17, 15) is 4.79 Å². The van der Waals surface area contributed by atoms with Crippen molar-refractivity contribution in [3.8, 4) is 5.75 Å². The number of hydrogen-bond donors (Lipinski definition) is 0. The number of hydrogen-bond acceptors (Lipinski definition) is 3. The maximum absolute atomic E-state index is 12.1. The van der Waals surface area contributed by atoms with Gasteiger partial charge in [0, 0.05) is 0 Å². The van der Waals surface area contributed by atoms with E-state index < -0.39 is 5.60 Å². The van der Waals surface area contributed by atoms with E-state index >= 15 is 0 Å². The molecule has 0 aromatic heterocycles. The Morgan fingerprint density at radius 2 is 1.88 bits per heavy atom. The molecule has 2 fully saturated rings. The number of esters is 1. The maximum atomic E-state index is 12.1. The topological polar surface area (TPSA) is 38.8 Å². The molecule has 1 atom stereocenters. The van der Waals surface area contributed by atoms with Crippen molar-refractivity contribution in [2.75, 3.05) is 0 Å². The third-order valence-electron chi connectivity index (χ3n) is 3.98. The summed E-state index contributed by atoms with van der Waals surface area (Å²) in [5, 5.41) is 0. The van der Waals surface area contributed by atoms with Gasteiger partial charge in [0.15, 0.2) is 5.60 Å². The van der Waals surface area contributed by atoms with Crippen LogP contribution in [0.4, 0.5) is 0 Å². The first-order valence-corrected chi connectivity index (χ1v) is 6.14. The molecule has 3 nitrogen and oxygen atoms in total. The smallest absolute Gasteiger partial charge is 0.346 e. The molecule has 1 aliphatic heterocycles. The first kappa shape index (κ1) is 10.8. The lowest BCUT2D eigenvalue weighted by molar-refractivity contribution is -0.139. The molecule has 1 aromatic rings. The molecule has 1 aliphatic carbocycles. The first-order chi connectivity index (χ1) is 8.16. The van der Waals surface area contributed by atoms with Gasteiger partial charge in [-0.1, -0.05) is 31.0 Å². The minimum atomic E-state index is -0.723. The van der Waals surface area contributed by atoms with Gasteiger partial charge in [-0.2, -0.15) is 0 Å². The third kappa shape index (κ3) is 1.57. The number of carbonyl (C=O) groups excluding carboxylic acids is 1. The van der Waals surface area contributed by atoms with Crippen molar-refractivity contribution in [2.24, 2.45) is 0 Å². The minimum Gasteiger partial charge on any atom is -0.424 e. The molecule has 90 valence electrons. The lowest BCUT2D eigenvalue weighted by Crippen LogP contribution is -2.33. The van der Waals surface area contributed by atoms with Gasteiger partial charge in [-0.05, 0) is 31.9 Å². The number of benzene rings is 1. The van der Waals surface area contributed by atoms with Crippen LogP contribution in [0.2, 0.25) is 0 Å². The van der Waals surface area contributed by atoms with E-state index in [4.69, 9.17) is 9.47 Å². The standard InChI is InChI=1S/C14H16O3/c1-13(14(17-13)9-5-6-10-14)12(15)16-11-7-3-2-4-8-11/h2-4,7-8H,5-6,9-10H2,1H3. The number of ether oxygens (including phenoxy) is 2. The number of rotatable bonds is 2. The maximum Gasteiger partial charge on any atom is 0.346 e. The average molecular weight is 232 g/mol. The van der Waals surface area contributed by atoms with Gasteiger partial charge in [0.05, 0.1) is 0 Å². The molecule has 0 N–H and O–H groups in total. The average Bonchev–Trinajstić information content (AvgIpc) is 2.71. The lowest BCUT2D eigenvalue weighted by Gasteiger charge is -2.10. The molecule has 1 heterocycles. The molecule has 0 bridgehead atoms. The SMILES string of the molecule is CC1(C(=O)Oc2ccccc2)OC12CCCC2. The van der Waals surface area contributed by atoms with Gasteiger partial charge in [0.2, 0.25) is 0 Å². The predicted molar refractivity (Wildman–Crippen MR) is 62.8 cm³/mol. The van der Waals surface area contributed by atoms with Crippen molar-refractivity contribution in [3.05, 3.63) is 30.3 Å². The predicted octanol–water partition coefficient (Wildman–Crippen LogP) is 2.69. The van der Waals surface area contributed by atoms with E-state index in [2.05, 4.69) is 0 Å². The van der Waals surface area contributed by atoms with E-state index in [1.165, 1.54) is 0 Å². The highest BCUT2D eigenvalue weighted by Gasteiger charge is 2.72. The third-order valence-corrected chi connectivity index (χ3v) is 3.98. The Labute approximate surface area is 101 Å². The molecule has 1 unspecified atom stereocenters. The number of para-hydroxylation sites is 1. The van der Waals surface area contributed by atoms with Crippen LogP contribution in [0, 0.1) is 0 Å². The van der Waals surface area contributed by atoms with E-state index in [1.807, 2.05) is 25.1 Å². The molecular weight excluding hydrogens is 216 g/mol. The summed E-state index contributed by atoms with van der Waals surface area (Å²) in [6.45, 7) is 1.85. The summed E-state index contributed by atoms with van der Waals surface area (Å²) >= 11 is 0. The number of epoxide rings is 1. The van der Waals surface area contributed by atoms with Gasteiger partial charge in [-0.15, -0.1) is 0 Å². The normalized spacial score (nSPS) is 29.2. The van der Waals surface area contributed by atoms with E-state index in [-0.39, 0.29) is 11.6 Å². The van der Waals surface area contributed by atoms with Gasteiger partial charge < -0.3 is 9.47 Å². The van der Waals surface area contributed by atoms with Gasteiger partial charge in [0.1, 0.15) is 11.4 Å². The summed E-state index contributed by atoms with van der Waals surface area (Å²) in [5.41, 5.74) is -0.946. The second-order valence-electron chi connectivity index (χ2n) is 5.04. The van der Waals surface area contributed by atoms with Crippen molar-refractivity contribution in [3.63, 3.8) is 0 Å². The Bertz CT molecular complexity index is 434. The fourth-order valence-corrected chi connectivity index (χ4v) is 2.81. The molecule has 0 radical (unpaired) electrons. The Morgan fingerprint density at radius 1 is 1.24 bits per heavy atom. The molecular formula is C14H16O3. The highest BCUT2D eigenvalue weighted by molar-refractivity contribution is 5.86. The molecule has 17 heavy (non-hydrogen) atoms. The molecule has 2 aliphatic rings. The zero-order valence-electron chi connectivity index (χ0n) is 9.94. The van der Waals surface area contributed by atoms with Crippen LogP contribution in [0.1, 0.15) is 32.6 Å². The van der Waals surface area contributed by atoms with Crippen molar-refractivity contribution in [1.29, 1.82) is 0 Å². The molecule has 1 saturated carbocycles. The van der Waals surface area contributed by atoms with E-state index in [1.54, 1.807) is 12.1 Å². The Kier molecular flexibility index (Phi) is 2.26. The summed E-state index contributed by atoms with van der Waals surface area (Å²) < 4.78 is 11.1. The molecule has 3 heteroatoms. The minimum absolute atomic E-state index is 0.223. The molecule has 1 saturated heterocycles. The monoisotopic (exact) mass is 232 g/mol. The second-order valence-corrected chi connectivity index (χ2v) is 5.04. The quantitative estimate of drug-likeness (QED) is 0.447. The zero-order valence-corrected chi connectivity index (χ0v) is 9.94. The van der Waals surface area contributed by atoms with Crippen LogP contribution in [-0.4, -0.2) is 17.2 Å². The van der Waals surface area contributed by atoms with Gasteiger partial charge in [-0.25, -0.2) is 4.79 Å². The highest BCUT2D eigenvalue weighted by Crippen LogP contribution is 2.58. The largest absolute Gasteiger partial charge is 0.424 e. The second kappa shape index (κ2) is 3.57. The molecule has 1 spiro atoms. The summed E-state index contributed by atoms with van der Waals surface area (Å²) in [7, 11) is 0. The van der Waals surface area contributed by atoms with Crippen LogP contribution < -0.4 is 4.74 Å². The van der Waals surface area contributed by atoms with Crippen LogP contribution in [-0.2, 0) is 9.53 Å². The summed E-state index contributed by atoms with van der Waals surface area (Å²) in [6.07, 6.45) is 4.25. The fourth-order valence-electron chi connectivity index (χ4n) is 2.81. The van der Waals surface area contributed by atoms with Crippen molar-refractivity contribution >= 4 is 5.97 Å². The van der Waals surface area contributed by atoms with Gasteiger partial charge >= 0.3 is 5.97 Å². The van der Waals surface area contributed by atoms with Crippen LogP contribution in [0.3, 0.4) is 0 Å². The zero-order chi connectivity index (χ0) is 11.9. The van der Waals surface area contributed by atoms with E-state index in [0.29, 0.717) is 5.75 Å². The lowest BCUT2D eigenvalue weighted by atomic mass is 9.93. The van der Waals surface area contributed by atoms with Crippen molar-refractivity contribution in [1.82, 2.24) is 0 Å². The summed E-state index contributed by atoms with van der Waals surface area (Å²) in [4.78, 5) is 12.1.